The topological polar surface area (TPSA) is 92.5 Å². The third-order valence-corrected chi connectivity index (χ3v) is 10.5. The molecular weight excluding hydrogens is 568 g/mol. The predicted octanol–water partition coefficient (Wildman–Crippen LogP) is 5.76. The van der Waals surface area contributed by atoms with Gasteiger partial charge in [0.2, 0.25) is 5.91 Å². The zero-order valence-corrected chi connectivity index (χ0v) is 26.3. The number of esters is 1. The van der Waals surface area contributed by atoms with E-state index in [4.69, 9.17) is 13.9 Å². The zero-order valence-electron chi connectivity index (χ0n) is 26.3. The summed E-state index contributed by atoms with van der Waals surface area (Å²) in [5.41, 5.74) is 3.67. The molecule has 236 valence electrons. The van der Waals surface area contributed by atoms with Gasteiger partial charge in [-0.3, -0.25) is 14.5 Å². The van der Waals surface area contributed by atoms with Crippen LogP contribution in [0.5, 0.6) is 17.2 Å². The van der Waals surface area contributed by atoms with Crippen molar-refractivity contribution < 1.29 is 28.6 Å². The van der Waals surface area contributed by atoms with E-state index in [-0.39, 0.29) is 41.5 Å². The molecule has 2 aliphatic heterocycles. The molecule has 0 radical (unpaired) electrons. The summed E-state index contributed by atoms with van der Waals surface area (Å²) >= 11 is 0. The van der Waals surface area contributed by atoms with Crippen LogP contribution in [0.3, 0.4) is 0 Å². The first-order valence-electron chi connectivity index (χ1n) is 16.3. The first-order chi connectivity index (χ1) is 21.8. The molecular formula is C37H42N2O6. The highest BCUT2D eigenvalue weighted by Crippen LogP contribution is 2.65. The fraction of sp³-hybridized carbons (Fsp3) is 0.459. The Balaban J connectivity index is 1.28. The second-order valence-electron chi connectivity index (χ2n) is 13.6. The van der Waals surface area contributed by atoms with Crippen LogP contribution >= 0.6 is 0 Å². The summed E-state index contributed by atoms with van der Waals surface area (Å²) in [6.45, 7) is 8.07. The Kier molecular flexibility index (Phi) is 7.72. The van der Waals surface area contributed by atoms with Crippen molar-refractivity contribution in [1.29, 1.82) is 0 Å². The maximum Gasteiger partial charge on any atom is 0.308 e. The second-order valence-corrected chi connectivity index (χ2v) is 13.6. The molecule has 1 saturated carbocycles. The Morgan fingerprint density at radius 2 is 2.02 bits per heavy atom. The lowest BCUT2D eigenvalue weighted by atomic mass is 9.50. The molecule has 8 heteroatoms. The molecule has 45 heavy (non-hydrogen) atoms. The summed E-state index contributed by atoms with van der Waals surface area (Å²) in [5.74, 6) is 1.03. The van der Waals surface area contributed by atoms with Gasteiger partial charge < -0.3 is 23.9 Å². The molecule has 3 heterocycles. The summed E-state index contributed by atoms with van der Waals surface area (Å²) in [5, 5.41) is 11.4. The van der Waals surface area contributed by atoms with Crippen LogP contribution in [-0.2, 0) is 27.8 Å². The van der Waals surface area contributed by atoms with E-state index < -0.39 is 11.4 Å². The molecule has 4 aliphatic rings. The second kappa shape index (κ2) is 11.7. The number of piperidine rings is 1. The van der Waals surface area contributed by atoms with Crippen LogP contribution in [0.25, 0.3) is 6.08 Å². The molecule has 2 aromatic carbocycles. The highest BCUT2D eigenvalue weighted by molar-refractivity contribution is 5.92. The van der Waals surface area contributed by atoms with Crippen molar-refractivity contribution in [2.75, 3.05) is 19.6 Å². The molecule has 1 amide bonds. The summed E-state index contributed by atoms with van der Waals surface area (Å²) in [6, 6.07) is 14.1. The molecule has 2 aliphatic carbocycles. The van der Waals surface area contributed by atoms with Crippen LogP contribution in [0.15, 0.2) is 65.5 Å². The van der Waals surface area contributed by atoms with Gasteiger partial charge in [-0.25, -0.2) is 0 Å². The van der Waals surface area contributed by atoms with Gasteiger partial charge in [0.25, 0.3) is 0 Å². The molecule has 1 N–H and O–H groups in total. The molecule has 5 atom stereocenters. The van der Waals surface area contributed by atoms with Crippen LogP contribution in [0.2, 0.25) is 0 Å². The van der Waals surface area contributed by atoms with Gasteiger partial charge in [0.05, 0.1) is 18.6 Å². The van der Waals surface area contributed by atoms with Crippen molar-refractivity contribution in [2.24, 2.45) is 11.8 Å². The maximum atomic E-state index is 13.9. The van der Waals surface area contributed by atoms with Crippen LogP contribution in [-0.4, -0.2) is 64.6 Å². The largest absolute Gasteiger partial charge is 0.508 e. The van der Waals surface area contributed by atoms with Crippen molar-refractivity contribution in [2.45, 2.75) is 76.5 Å². The summed E-state index contributed by atoms with van der Waals surface area (Å²) in [7, 11) is 0. The Hall–Kier alpha value is -4.04. The number of aromatic hydroxyl groups is 1. The van der Waals surface area contributed by atoms with Crippen LogP contribution in [0.1, 0.15) is 62.3 Å². The lowest BCUT2D eigenvalue weighted by molar-refractivity contribution is -0.138. The average Bonchev–Trinajstić information content (AvgIpc) is 3.66. The van der Waals surface area contributed by atoms with E-state index >= 15 is 0 Å². The molecule has 0 unspecified atom stereocenters. The Morgan fingerprint density at radius 1 is 1.20 bits per heavy atom. The Labute approximate surface area is 264 Å². The molecule has 7 rings (SSSR count). The van der Waals surface area contributed by atoms with Crippen LogP contribution in [0, 0.1) is 11.8 Å². The number of phenolic OH excluding ortho intramolecular Hbond substituents is 1. The minimum Gasteiger partial charge on any atom is -0.508 e. The number of carbonyl (C=O) groups is 2. The van der Waals surface area contributed by atoms with E-state index in [2.05, 4.69) is 49.1 Å². The summed E-state index contributed by atoms with van der Waals surface area (Å²) < 4.78 is 17.8. The fourth-order valence-corrected chi connectivity index (χ4v) is 8.81. The predicted molar refractivity (Wildman–Crippen MR) is 170 cm³/mol. The molecule has 8 nitrogen and oxygen atoms in total. The van der Waals surface area contributed by atoms with E-state index in [0.29, 0.717) is 18.2 Å². The van der Waals surface area contributed by atoms with Gasteiger partial charge in [-0.1, -0.05) is 44.2 Å². The van der Waals surface area contributed by atoms with Gasteiger partial charge in [-0.2, -0.15) is 0 Å². The van der Waals surface area contributed by atoms with E-state index in [0.717, 1.165) is 61.9 Å². The number of benzene rings is 2. The standard InChI is InChI=1S/C37H42N2O6/c1-23(2)21-39(33(42)12-9-26-14-18-43-22-26)29-11-10-28-30-19-27-31(41)20-32(44-24(3)40)35-34(27)37(28,36(29)45-35)15-17-38(30)16-13-25-7-5-4-6-8-25/h4-9,12,14,18,20,22-23,28-30,36,41H,10-11,13,15-17,19,21H2,1-3H3/t28-,29+,30+,36+,37-/m0/s1. The van der Waals surface area contributed by atoms with Gasteiger partial charge in [0, 0.05) is 60.3 Å². The van der Waals surface area contributed by atoms with Gasteiger partial charge in [-0.05, 0) is 68.2 Å². The van der Waals surface area contributed by atoms with Gasteiger partial charge in [0.1, 0.15) is 11.9 Å². The number of carbonyl (C=O) groups excluding carboxylic acids is 2. The van der Waals surface area contributed by atoms with E-state index in [1.165, 1.54) is 12.5 Å². The summed E-state index contributed by atoms with van der Waals surface area (Å²) in [4.78, 5) is 30.7. The van der Waals surface area contributed by atoms with Gasteiger partial charge in [-0.15, -0.1) is 0 Å². The van der Waals surface area contributed by atoms with Crippen molar-refractivity contribution in [3.8, 4) is 17.2 Å². The smallest absolute Gasteiger partial charge is 0.308 e. The minimum atomic E-state index is -0.458. The molecule has 2 fully saturated rings. The van der Waals surface area contributed by atoms with E-state index in [1.54, 1.807) is 30.7 Å². The third-order valence-electron chi connectivity index (χ3n) is 10.5. The number of hydrogen-bond donors (Lipinski definition) is 1. The first kappa shape index (κ1) is 29.7. The van der Waals surface area contributed by atoms with Crippen molar-refractivity contribution in [3.63, 3.8) is 0 Å². The zero-order chi connectivity index (χ0) is 31.3. The fourth-order valence-electron chi connectivity index (χ4n) is 8.81. The lowest BCUT2D eigenvalue weighted by Crippen LogP contribution is -2.69. The van der Waals surface area contributed by atoms with Gasteiger partial charge in [0.15, 0.2) is 11.5 Å². The number of furan rings is 1. The number of rotatable bonds is 9. The van der Waals surface area contributed by atoms with Crippen molar-refractivity contribution in [3.05, 3.63) is 83.3 Å². The highest BCUT2D eigenvalue weighted by Gasteiger charge is 2.67. The maximum absolute atomic E-state index is 13.9. The number of likely N-dealkylation sites (tertiary alicyclic amines) is 1. The van der Waals surface area contributed by atoms with Crippen LogP contribution in [0.4, 0.5) is 0 Å². The minimum absolute atomic E-state index is 0.0553. The average molecular weight is 611 g/mol. The SMILES string of the molecule is CC(=O)Oc1cc(O)c2c3c1O[C@@H]1[C@H](N(CC(C)C)C(=O)C=Cc4ccoc4)CC[C@H]4[C@@H](C2)N(CCc2ccccc2)CC[C@]314. The normalized spacial score (nSPS) is 26.5. The van der Waals surface area contributed by atoms with Gasteiger partial charge >= 0.3 is 5.97 Å². The Bertz CT molecular complexity index is 1600. The Morgan fingerprint density at radius 3 is 2.76 bits per heavy atom. The molecule has 1 spiro atoms. The number of nitrogens with zero attached hydrogens (tertiary/aromatic N) is 2. The monoisotopic (exact) mass is 610 g/mol. The number of hydrogen-bond acceptors (Lipinski definition) is 7. The number of phenols is 1. The molecule has 1 aromatic heterocycles. The first-order valence-corrected chi connectivity index (χ1v) is 16.3. The lowest BCUT2D eigenvalue weighted by Gasteiger charge is -2.60. The number of amides is 1. The molecule has 1 saturated heterocycles. The molecule has 3 aromatic rings. The highest BCUT2D eigenvalue weighted by atomic mass is 16.6. The number of ether oxygens (including phenoxy) is 2. The van der Waals surface area contributed by atoms with Crippen LogP contribution < -0.4 is 9.47 Å². The van der Waals surface area contributed by atoms with E-state index in [9.17, 15) is 14.7 Å². The van der Waals surface area contributed by atoms with Crippen molar-refractivity contribution in [1.82, 2.24) is 9.80 Å². The summed E-state index contributed by atoms with van der Waals surface area (Å²) in [6.07, 6.45) is 10.6. The van der Waals surface area contributed by atoms with E-state index in [1.807, 2.05) is 11.0 Å². The quantitative estimate of drug-likeness (QED) is 0.187. The molecule has 2 bridgehead atoms. The van der Waals surface area contributed by atoms with Crippen molar-refractivity contribution >= 4 is 18.0 Å². The third kappa shape index (κ3) is 5.13.